The average Bonchev–Trinajstić information content (AvgIpc) is 3.59. The summed E-state index contributed by atoms with van der Waals surface area (Å²) in [5, 5.41) is 5.69. The second-order valence-electron chi connectivity index (χ2n) is 13.6. The monoisotopic (exact) mass is 796 g/mol. The number of nitrogens with one attached hydrogen (secondary N) is 2. The van der Waals surface area contributed by atoms with Gasteiger partial charge in [-0.1, -0.05) is 12.1 Å². The van der Waals surface area contributed by atoms with Crippen LogP contribution in [0.2, 0.25) is 0 Å². The van der Waals surface area contributed by atoms with E-state index < -0.39 is 33.1 Å². The molecule has 6 aromatic rings. The van der Waals surface area contributed by atoms with Gasteiger partial charge in [-0.05, 0) is 74.0 Å². The lowest BCUT2D eigenvalue weighted by atomic mass is 10.0. The van der Waals surface area contributed by atoms with Crippen molar-refractivity contribution < 1.29 is 31.5 Å². The van der Waals surface area contributed by atoms with Crippen LogP contribution in [-0.4, -0.2) is 97.0 Å². The molecule has 0 saturated carbocycles. The molecule has 3 aromatic carbocycles. The number of hydrogen-bond donors (Lipinski definition) is 2. The van der Waals surface area contributed by atoms with Crippen LogP contribution in [0.4, 0.5) is 31.8 Å². The molecule has 16 heteroatoms. The number of anilines is 4. The van der Waals surface area contributed by atoms with Gasteiger partial charge in [-0.25, -0.2) is 32.2 Å². The number of methoxy groups -OCH3 is 1. The number of aryl methyl sites for hydroxylation is 1. The fourth-order valence-corrected chi connectivity index (χ4v) is 7.43. The smallest absolute Gasteiger partial charge is 0.259 e. The molecule has 1 saturated heterocycles. The number of rotatable bonds is 13. The lowest BCUT2D eigenvalue weighted by Crippen LogP contribution is -2.47. The van der Waals surface area contributed by atoms with Gasteiger partial charge in [-0.2, -0.15) is 0 Å². The van der Waals surface area contributed by atoms with Crippen LogP contribution < -0.4 is 25.0 Å². The zero-order valence-corrected chi connectivity index (χ0v) is 32.7. The molecule has 0 spiro atoms. The zero-order chi connectivity index (χ0) is 40.3. The molecule has 0 bridgehead atoms. The minimum Gasteiger partial charge on any atom is -0.494 e. The highest BCUT2D eigenvalue weighted by atomic mass is 32.2. The molecular weight excluding hydrogens is 755 g/mol. The third-order valence-corrected chi connectivity index (χ3v) is 10.6. The van der Waals surface area contributed by atoms with Crippen molar-refractivity contribution in [1.82, 2.24) is 24.3 Å². The number of para-hydroxylation sites is 1. The number of piperazine rings is 1. The first-order valence-corrected chi connectivity index (χ1v) is 20.4. The molecular formula is C41H42F2N8O5S. The summed E-state index contributed by atoms with van der Waals surface area (Å²) in [4.78, 5) is 32.4. The molecule has 0 radical (unpaired) electrons. The highest BCUT2D eigenvalue weighted by molar-refractivity contribution is 7.90. The lowest BCUT2D eigenvalue weighted by Gasteiger charge is -2.37. The number of carbonyl (C=O) groups excluding carboxylic acids is 1. The van der Waals surface area contributed by atoms with Crippen molar-refractivity contribution in [2.75, 3.05) is 74.0 Å². The fraction of sp³-hybridized carbons (Fsp3) is 0.268. The van der Waals surface area contributed by atoms with E-state index in [9.17, 15) is 22.0 Å². The van der Waals surface area contributed by atoms with E-state index >= 15 is 0 Å². The van der Waals surface area contributed by atoms with Crippen LogP contribution in [0.25, 0.3) is 28.3 Å². The van der Waals surface area contributed by atoms with Crippen molar-refractivity contribution in [1.29, 1.82) is 0 Å². The molecule has 296 valence electrons. The van der Waals surface area contributed by atoms with E-state index in [4.69, 9.17) is 19.4 Å². The normalized spacial score (nSPS) is 13.5. The molecule has 0 aliphatic carbocycles. The van der Waals surface area contributed by atoms with Crippen LogP contribution in [0.5, 0.6) is 11.5 Å². The Hall–Kier alpha value is -6.13. The standard InChI is InChI=1S/C41H42F2N8O5S/c1-5-56-34-13-12-27(24-28(34)40(52)48-38-29(42)9-8-10-30(38)43)37-39(51-16-7-6-11-36(51)47-37)31-14-15-44-41(45-31)46-32-23-26(2)33(25-35(32)55-3)50-19-17-49(18-20-50)21-22-57(4,53)54/h6-16,23-25H,5,17-22H2,1-4H3,(H,48,52)(H,44,45,46). The Kier molecular flexibility index (Phi) is 11.3. The average molecular weight is 797 g/mol. The molecule has 7 rings (SSSR count). The summed E-state index contributed by atoms with van der Waals surface area (Å²) in [7, 11) is -1.43. The molecule has 2 N–H and O–H groups in total. The predicted octanol–water partition coefficient (Wildman–Crippen LogP) is 6.61. The Bertz CT molecular complexity index is 2540. The van der Waals surface area contributed by atoms with Gasteiger partial charge in [0.2, 0.25) is 5.95 Å². The van der Waals surface area contributed by atoms with Gasteiger partial charge in [0.05, 0.1) is 47.8 Å². The maximum atomic E-state index is 14.5. The summed E-state index contributed by atoms with van der Waals surface area (Å²) in [5.41, 5.74) is 4.98. The Morgan fingerprint density at radius 2 is 1.70 bits per heavy atom. The predicted molar refractivity (Wildman–Crippen MR) is 217 cm³/mol. The topological polar surface area (TPSA) is 143 Å². The van der Waals surface area contributed by atoms with Gasteiger partial charge >= 0.3 is 0 Å². The van der Waals surface area contributed by atoms with Crippen LogP contribution in [0, 0.1) is 18.6 Å². The molecule has 1 aliphatic heterocycles. The Labute approximate surface area is 329 Å². The van der Waals surface area contributed by atoms with Gasteiger partial charge in [-0.3, -0.25) is 14.1 Å². The molecule has 4 heterocycles. The second kappa shape index (κ2) is 16.5. The number of sulfone groups is 1. The number of hydrogen-bond acceptors (Lipinski definition) is 11. The van der Waals surface area contributed by atoms with E-state index in [1.807, 2.05) is 47.9 Å². The number of pyridine rings is 1. The first-order valence-electron chi connectivity index (χ1n) is 18.4. The summed E-state index contributed by atoms with van der Waals surface area (Å²) >= 11 is 0. The number of halogens is 2. The third kappa shape index (κ3) is 8.66. The number of ether oxygens (including phenoxy) is 2. The van der Waals surface area contributed by atoms with E-state index in [0.29, 0.717) is 52.2 Å². The zero-order valence-electron chi connectivity index (χ0n) is 31.9. The number of aromatic nitrogens is 4. The molecule has 1 fully saturated rings. The number of imidazole rings is 1. The van der Waals surface area contributed by atoms with Crippen molar-refractivity contribution >= 4 is 44.4 Å². The van der Waals surface area contributed by atoms with Crippen LogP contribution in [0.15, 0.2) is 85.2 Å². The van der Waals surface area contributed by atoms with Crippen LogP contribution in [0.3, 0.4) is 0 Å². The quantitative estimate of drug-likeness (QED) is 0.130. The van der Waals surface area contributed by atoms with Gasteiger partial charge in [0.25, 0.3) is 5.91 Å². The lowest BCUT2D eigenvalue weighted by molar-refractivity contribution is 0.102. The van der Waals surface area contributed by atoms with Gasteiger partial charge in [0.1, 0.15) is 44.3 Å². The van der Waals surface area contributed by atoms with Crippen molar-refractivity contribution in [3.63, 3.8) is 0 Å². The van der Waals surface area contributed by atoms with Crippen LogP contribution in [0.1, 0.15) is 22.8 Å². The van der Waals surface area contributed by atoms with Gasteiger partial charge in [0.15, 0.2) is 0 Å². The Balaban J connectivity index is 1.19. The fourth-order valence-electron chi connectivity index (χ4n) is 6.84. The van der Waals surface area contributed by atoms with E-state index in [0.717, 1.165) is 49.6 Å². The summed E-state index contributed by atoms with van der Waals surface area (Å²) in [6, 6.07) is 19.6. The van der Waals surface area contributed by atoms with E-state index in [-0.39, 0.29) is 23.7 Å². The van der Waals surface area contributed by atoms with E-state index in [2.05, 4.69) is 25.4 Å². The number of fused-ring (bicyclic) bond motifs is 1. The Morgan fingerprint density at radius 1 is 0.930 bits per heavy atom. The van der Waals surface area contributed by atoms with Gasteiger partial charge < -0.3 is 25.0 Å². The molecule has 3 aromatic heterocycles. The molecule has 13 nitrogen and oxygen atoms in total. The summed E-state index contributed by atoms with van der Waals surface area (Å²) < 4.78 is 65.8. The molecule has 57 heavy (non-hydrogen) atoms. The van der Waals surface area contributed by atoms with Crippen molar-refractivity contribution in [2.24, 2.45) is 0 Å². The molecule has 0 atom stereocenters. The first-order chi connectivity index (χ1) is 27.4. The summed E-state index contributed by atoms with van der Waals surface area (Å²) in [6.07, 6.45) is 4.75. The maximum absolute atomic E-state index is 14.5. The maximum Gasteiger partial charge on any atom is 0.259 e. The van der Waals surface area contributed by atoms with Crippen LogP contribution >= 0.6 is 0 Å². The van der Waals surface area contributed by atoms with Crippen molar-refractivity contribution in [2.45, 2.75) is 13.8 Å². The minimum atomic E-state index is -3.03. The number of benzene rings is 3. The highest BCUT2D eigenvalue weighted by Gasteiger charge is 2.24. The Morgan fingerprint density at radius 3 is 2.42 bits per heavy atom. The second-order valence-corrected chi connectivity index (χ2v) is 15.9. The summed E-state index contributed by atoms with van der Waals surface area (Å²) in [5.74, 6) is -1.30. The number of amides is 1. The van der Waals surface area contributed by atoms with Crippen molar-refractivity contribution in [3.8, 4) is 34.1 Å². The van der Waals surface area contributed by atoms with Gasteiger partial charge in [-0.15, -0.1) is 0 Å². The number of carbonyl (C=O) groups is 1. The third-order valence-electron chi connectivity index (χ3n) is 9.68. The SMILES string of the molecule is CCOc1ccc(-c2nc3ccccn3c2-c2ccnc(Nc3cc(C)c(N4CCN(CCS(C)(=O)=O)CC4)cc3OC)n2)cc1C(=O)Nc1c(F)cccc1F. The van der Waals surface area contributed by atoms with Crippen molar-refractivity contribution in [3.05, 3.63) is 108 Å². The van der Waals surface area contributed by atoms with Gasteiger partial charge in [0, 0.05) is 68.7 Å². The van der Waals surface area contributed by atoms with E-state index in [1.165, 1.54) is 12.3 Å². The van der Waals surface area contributed by atoms with E-state index in [1.54, 1.807) is 44.5 Å². The molecule has 1 amide bonds. The minimum absolute atomic E-state index is 0.0600. The summed E-state index contributed by atoms with van der Waals surface area (Å²) in [6.45, 7) is 7.57. The number of nitrogens with zero attached hydrogens (tertiary/aromatic N) is 6. The van der Waals surface area contributed by atoms with Crippen LogP contribution in [-0.2, 0) is 9.84 Å². The largest absolute Gasteiger partial charge is 0.494 e. The highest BCUT2D eigenvalue weighted by Crippen LogP contribution is 2.37. The molecule has 0 unspecified atom stereocenters. The molecule has 1 aliphatic rings. The first kappa shape index (κ1) is 39.1.